The van der Waals surface area contributed by atoms with Crippen molar-refractivity contribution in [2.24, 2.45) is 5.41 Å². The SMILES string of the molecule is O=C(NP1(=O)OCC2(CO1)COP(=O)(NC(=O)N1CCOCC1)OC2)N1CCOCC1. The van der Waals surface area contributed by atoms with Gasteiger partial charge in [-0.3, -0.25) is 18.1 Å². The van der Waals surface area contributed by atoms with Crippen LogP contribution in [0.15, 0.2) is 0 Å². The monoisotopic (exact) mass is 484 g/mol. The molecule has 4 heterocycles. The van der Waals surface area contributed by atoms with Gasteiger partial charge >= 0.3 is 27.6 Å². The summed E-state index contributed by atoms with van der Waals surface area (Å²) < 4.78 is 57.2. The molecule has 0 aliphatic carbocycles. The van der Waals surface area contributed by atoms with Crippen molar-refractivity contribution in [3.8, 4) is 0 Å². The van der Waals surface area contributed by atoms with Crippen molar-refractivity contribution >= 4 is 27.6 Å². The first-order valence-electron chi connectivity index (χ1n) is 9.89. The van der Waals surface area contributed by atoms with E-state index in [1.807, 2.05) is 0 Å². The van der Waals surface area contributed by atoms with Gasteiger partial charge in [0.1, 0.15) is 0 Å². The van der Waals surface area contributed by atoms with Crippen LogP contribution in [0.3, 0.4) is 0 Å². The van der Waals surface area contributed by atoms with Crippen LogP contribution in [0.5, 0.6) is 0 Å². The van der Waals surface area contributed by atoms with Crippen LogP contribution in [0, 0.1) is 5.41 Å². The van der Waals surface area contributed by atoms with Gasteiger partial charge in [0.15, 0.2) is 0 Å². The summed E-state index contributed by atoms with van der Waals surface area (Å²) in [6.07, 6.45) is 0. The summed E-state index contributed by atoms with van der Waals surface area (Å²) in [6, 6.07) is -1.12. The van der Waals surface area contributed by atoms with Gasteiger partial charge in [-0.05, 0) is 0 Å². The standard InChI is InChI=1S/C15H26N4O10P2/c20-13(18-1-5-24-6-2-18)16-30(22)26-9-15(10-27-30)11-28-31(23,29-12-15)17-14(21)19-3-7-25-8-4-19/h1-12H2,(H,16,20,22)(H,17,21,23). The molecule has 4 amide bonds. The number of amides is 4. The number of hydrogen-bond acceptors (Lipinski definition) is 10. The number of carbonyl (C=O) groups is 2. The normalized spacial score (nSPS) is 36.8. The fourth-order valence-corrected chi connectivity index (χ4v) is 6.18. The lowest BCUT2D eigenvalue weighted by Gasteiger charge is -2.42. The van der Waals surface area contributed by atoms with Crippen molar-refractivity contribution < 1.29 is 46.3 Å². The maximum absolute atomic E-state index is 12.7. The Morgan fingerprint density at radius 1 is 0.645 bits per heavy atom. The van der Waals surface area contributed by atoms with Gasteiger partial charge in [-0.1, -0.05) is 0 Å². The van der Waals surface area contributed by atoms with E-state index in [-0.39, 0.29) is 26.4 Å². The van der Waals surface area contributed by atoms with E-state index in [1.165, 1.54) is 9.80 Å². The molecule has 4 fully saturated rings. The minimum absolute atomic E-state index is 0.106. The first-order chi connectivity index (χ1) is 14.8. The third-order valence-corrected chi connectivity index (χ3v) is 8.03. The summed E-state index contributed by atoms with van der Waals surface area (Å²) in [6.45, 7) is 2.70. The molecule has 0 aromatic heterocycles. The molecule has 0 aromatic carbocycles. The molecule has 4 aliphatic rings. The van der Waals surface area contributed by atoms with Crippen molar-refractivity contribution in [1.82, 2.24) is 20.0 Å². The van der Waals surface area contributed by atoms with Crippen molar-refractivity contribution in [2.75, 3.05) is 79.0 Å². The summed E-state index contributed by atoms with van der Waals surface area (Å²) in [5.74, 6) is 0. The molecule has 4 saturated heterocycles. The fourth-order valence-electron chi connectivity index (χ4n) is 3.25. The van der Waals surface area contributed by atoms with Crippen LogP contribution >= 0.6 is 15.5 Å². The van der Waals surface area contributed by atoms with Crippen molar-refractivity contribution in [3.05, 3.63) is 0 Å². The van der Waals surface area contributed by atoms with Gasteiger partial charge in [0, 0.05) is 26.2 Å². The molecule has 0 unspecified atom stereocenters. The van der Waals surface area contributed by atoms with E-state index in [2.05, 4.69) is 10.2 Å². The number of nitrogens with zero attached hydrogens (tertiary/aromatic N) is 2. The molecule has 14 nitrogen and oxygen atoms in total. The molecule has 16 heteroatoms. The lowest BCUT2D eigenvalue weighted by molar-refractivity contribution is -0.0710. The maximum Gasteiger partial charge on any atom is 0.436 e. The van der Waals surface area contributed by atoms with Crippen LogP contribution in [0.2, 0.25) is 0 Å². The Morgan fingerprint density at radius 2 is 0.968 bits per heavy atom. The minimum atomic E-state index is -3.85. The van der Waals surface area contributed by atoms with E-state index in [0.717, 1.165) is 0 Å². The predicted octanol–water partition coefficient (Wildman–Crippen LogP) is 0.366. The van der Waals surface area contributed by atoms with E-state index in [1.54, 1.807) is 0 Å². The molecular weight excluding hydrogens is 458 g/mol. The van der Waals surface area contributed by atoms with Gasteiger partial charge in [-0.2, -0.15) is 0 Å². The molecule has 0 saturated carbocycles. The molecule has 31 heavy (non-hydrogen) atoms. The van der Waals surface area contributed by atoms with Crippen LogP contribution < -0.4 is 10.2 Å². The van der Waals surface area contributed by atoms with Gasteiger partial charge in [0.05, 0.1) is 58.3 Å². The number of ether oxygens (including phenoxy) is 2. The van der Waals surface area contributed by atoms with Gasteiger partial charge in [0.25, 0.3) is 0 Å². The molecular formula is C15H26N4O10P2. The Balaban J connectivity index is 1.26. The molecule has 1 spiro atoms. The average Bonchev–Trinajstić information content (AvgIpc) is 2.79. The summed E-state index contributed by atoms with van der Waals surface area (Å²) in [5.41, 5.74) is -0.866. The molecule has 0 radical (unpaired) electrons. The number of urea groups is 2. The minimum Gasteiger partial charge on any atom is -0.378 e. The Kier molecular flexibility index (Phi) is 6.90. The number of carbonyl (C=O) groups excluding carboxylic acids is 2. The molecule has 4 rings (SSSR count). The highest BCUT2D eigenvalue weighted by Gasteiger charge is 2.50. The van der Waals surface area contributed by atoms with E-state index in [9.17, 15) is 18.7 Å². The second kappa shape index (κ2) is 9.32. The molecule has 4 aliphatic heterocycles. The van der Waals surface area contributed by atoms with Gasteiger partial charge in [-0.15, -0.1) is 0 Å². The zero-order valence-electron chi connectivity index (χ0n) is 16.9. The zero-order valence-corrected chi connectivity index (χ0v) is 18.6. The Labute approximate surface area is 178 Å². The molecule has 0 atom stereocenters. The van der Waals surface area contributed by atoms with Gasteiger partial charge in [0.2, 0.25) is 0 Å². The largest absolute Gasteiger partial charge is 0.436 e. The second-order valence-corrected chi connectivity index (χ2v) is 11.1. The number of morpholine rings is 2. The average molecular weight is 484 g/mol. The van der Waals surface area contributed by atoms with Crippen LogP contribution in [-0.4, -0.2) is 101 Å². The summed E-state index contributed by atoms with van der Waals surface area (Å²) in [4.78, 5) is 27.4. The maximum atomic E-state index is 12.7. The van der Waals surface area contributed by atoms with Crippen LogP contribution in [0.25, 0.3) is 0 Å². The lowest BCUT2D eigenvalue weighted by Crippen LogP contribution is -2.51. The van der Waals surface area contributed by atoms with Crippen LogP contribution in [0.1, 0.15) is 0 Å². The molecule has 0 aromatic rings. The van der Waals surface area contributed by atoms with E-state index in [0.29, 0.717) is 52.6 Å². The highest BCUT2D eigenvalue weighted by Crippen LogP contribution is 2.56. The number of rotatable bonds is 2. The van der Waals surface area contributed by atoms with E-state index >= 15 is 0 Å². The highest BCUT2D eigenvalue weighted by atomic mass is 31.2. The topological polar surface area (TPSA) is 154 Å². The van der Waals surface area contributed by atoms with E-state index in [4.69, 9.17) is 27.6 Å². The first kappa shape index (κ1) is 22.9. The van der Waals surface area contributed by atoms with Crippen molar-refractivity contribution in [2.45, 2.75) is 0 Å². The Morgan fingerprint density at radius 3 is 1.29 bits per heavy atom. The van der Waals surface area contributed by atoms with Gasteiger partial charge in [-0.25, -0.2) is 28.9 Å². The van der Waals surface area contributed by atoms with Crippen LogP contribution in [0.4, 0.5) is 9.59 Å². The smallest absolute Gasteiger partial charge is 0.378 e. The zero-order chi connectivity index (χ0) is 22.0. The molecule has 0 bridgehead atoms. The third kappa shape index (κ3) is 5.58. The van der Waals surface area contributed by atoms with Crippen molar-refractivity contribution in [1.29, 1.82) is 0 Å². The van der Waals surface area contributed by atoms with E-state index < -0.39 is 33.0 Å². The summed E-state index contributed by atoms with van der Waals surface area (Å²) >= 11 is 0. The summed E-state index contributed by atoms with van der Waals surface area (Å²) in [7, 11) is -7.71. The Hall–Kier alpha value is -1.24. The van der Waals surface area contributed by atoms with Crippen LogP contribution in [-0.2, 0) is 36.7 Å². The van der Waals surface area contributed by atoms with Crippen molar-refractivity contribution in [3.63, 3.8) is 0 Å². The third-order valence-electron chi connectivity index (χ3n) is 5.22. The Bertz CT molecular complexity index is 694. The second-order valence-electron chi connectivity index (χ2n) is 7.62. The summed E-state index contributed by atoms with van der Waals surface area (Å²) in [5, 5.41) is 4.60. The quantitative estimate of drug-likeness (QED) is 0.525. The van der Waals surface area contributed by atoms with Gasteiger partial charge < -0.3 is 19.3 Å². The first-order valence-corrected chi connectivity index (χ1v) is 13.0. The predicted molar refractivity (Wildman–Crippen MR) is 103 cm³/mol. The fraction of sp³-hybridized carbons (Fsp3) is 0.867. The lowest BCUT2D eigenvalue weighted by atomic mass is 9.93. The molecule has 176 valence electrons. The molecule has 2 N–H and O–H groups in total. The number of hydrogen-bond donors (Lipinski definition) is 2. The number of nitrogens with one attached hydrogen (secondary N) is 2. The highest BCUT2D eigenvalue weighted by molar-refractivity contribution is 7.52.